The molecule has 1 unspecified atom stereocenters. The molecule has 0 radical (unpaired) electrons. The van der Waals surface area contributed by atoms with Crippen LogP contribution in [0.15, 0.2) is 30.6 Å². The third-order valence-corrected chi connectivity index (χ3v) is 3.53. The van der Waals surface area contributed by atoms with Crippen molar-refractivity contribution in [1.82, 2.24) is 4.98 Å². The minimum Gasteiger partial charge on any atom is -0.496 e. The highest BCUT2D eigenvalue weighted by Gasteiger charge is 2.15. The molecule has 2 rings (SSSR count). The molecule has 19 heavy (non-hydrogen) atoms. The summed E-state index contributed by atoms with van der Waals surface area (Å²) >= 11 is 0. The number of nitrogens with two attached hydrogens (primary N) is 1. The number of hydrogen-bond donors (Lipinski definition) is 1. The number of aromatic nitrogens is 1. The van der Waals surface area contributed by atoms with Gasteiger partial charge < -0.3 is 10.5 Å². The number of benzene rings is 1. The molecule has 0 aliphatic heterocycles. The molecule has 2 aromatic rings. The van der Waals surface area contributed by atoms with Gasteiger partial charge in [-0.2, -0.15) is 0 Å². The van der Waals surface area contributed by atoms with Crippen molar-refractivity contribution in [1.29, 1.82) is 0 Å². The molecule has 0 aliphatic carbocycles. The maximum Gasteiger partial charge on any atom is 0.122 e. The van der Waals surface area contributed by atoms with Crippen molar-refractivity contribution in [2.75, 3.05) is 7.11 Å². The van der Waals surface area contributed by atoms with Crippen LogP contribution in [-0.4, -0.2) is 12.1 Å². The van der Waals surface area contributed by atoms with Crippen LogP contribution in [0.3, 0.4) is 0 Å². The highest BCUT2D eigenvalue weighted by molar-refractivity contribution is 5.46. The van der Waals surface area contributed by atoms with Gasteiger partial charge in [0.15, 0.2) is 0 Å². The molecule has 0 amide bonds. The highest BCUT2D eigenvalue weighted by Crippen LogP contribution is 2.29. The molecule has 0 spiro atoms. The summed E-state index contributed by atoms with van der Waals surface area (Å²) in [5.74, 6) is 0.899. The maximum atomic E-state index is 6.40. The van der Waals surface area contributed by atoms with Crippen molar-refractivity contribution in [3.63, 3.8) is 0 Å². The molecule has 0 aliphatic rings. The third kappa shape index (κ3) is 2.61. The zero-order valence-electron chi connectivity index (χ0n) is 11.9. The fourth-order valence-electron chi connectivity index (χ4n) is 2.34. The van der Waals surface area contributed by atoms with Crippen LogP contribution >= 0.6 is 0 Å². The molecule has 1 atom stereocenters. The molecule has 1 aromatic carbocycles. The normalized spacial score (nSPS) is 12.3. The number of ether oxygens (including phenoxy) is 1. The molecular weight excluding hydrogens is 236 g/mol. The van der Waals surface area contributed by atoms with Crippen LogP contribution in [0.2, 0.25) is 0 Å². The number of pyridine rings is 1. The first-order valence-electron chi connectivity index (χ1n) is 6.35. The van der Waals surface area contributed by atoms with Crippen LogP contribution in [0, 0.1) is 20.8 Å². The third-order valence-electron chi connectivity index (χ3n) is 3.53. The second-order valence-electron chi connectivity index (χ2n) is 4.89. The molecule has 2 N–H and O–H groups in total. The molecule has 0 saturated heterocycles. The lowest BCUT2D eigenvalue weighted by atomic mass is 9.92. The summed E-state index contributed by atoms with van der Waals surface area (Å²) in [6.07, 6.45) is 3.64. The Morgan fingerprint density at radius 3 is 2.42 bits per heavy atom. The minimum absolute atomic E-state index is 0.154. The smallest absolute Gasteiger partial charge is 0.122 e. The van der Waals surface area contributed by atoms with Crippen molar-refractivity contribution >= 4 is 0 Å². The van der Waals surface area contributed by atoms with Crippen LogP contribution in [0.1, 0.15) is 33.9 Å². The van der Waals surface area contributed by atoms with Gasteiger partial charge in [-0.05, 0) is 60.7 Å². The van der Waals surface area contributed by atoms with Gasteiger partial charge in [0, 0.05) is 12.4 Å². The SMILES string of the molecule is COc1cc(C)c(C(N)c2cnccc2C)cc1C. The fourth-order valence-corrected chi connectivity index (χ4v) is 2.34. The second kappa shape index (κ2) is 5.41. The number of rotatable bonds is 3. The van der Waals surface area contributed by atoms with Crippen LogP contribution in [0.5, 0.6) is 5.75 Å². The van der Waals surface area contributed by atoms with Gasteiger partial charge in [-0.1, -0.05) is 6.07 Å². The first-order chi connectivity index (χ1) is 9.04. The minimum atomic E-state index is -0.154. The van der Waals surface area contributed by atoms with E-state index in [-0.39, 0.29) is 6.04 Å². The topological polar surface area (TPSA) is 48.1 Å². The first kappa shape index (κ1) is 13.6. The Bertz CT molecular complexity index is 593. The molecule has 100 valence electrons. The van der Waals surface area contributed by atoms with Crippen molar-refractivity contribution in [2.24, 2.45) is 5.73 Å². The predicted molar refractivity (Wildman–Crippen MR) is 77.5 cm³/mol. The Morgan fingerprint density at radius 2 is 1.79 bits per heavy atom. The van der Waals surface area contributed by atoms with Gasteiger partial charge in [-0.25, -0.2) is 0 Å². The van der Waals surface area contributed by atoms with E-state index in [0.717, 1.165) is 33.6 Å². The summed E-state index contributed by atoms with van der Waals surface area (Å²) in [6, 6.07) is 5.97. The van der Waals surface area contributed by atoms with E-state index in [4.69, 9.17) is 10.5 Å². The highest BCUT2D eigenvalue weighted by atomic mass is 16.5. The lowest BCUT2D eigenvalue weighted by Crippen LogP contribution is -2.15. The second-order valence-corrected chi connectivity index (χ2v) is 4.89. The Hall–Kier alpha value is -1.87. The summed E-state index contributed by atoms with van der Waals surface area (Å²) in [4.78, 5) is 4.17. The zero-order valence-corrected chi connectivity index (χ0v) is 11.9. The molecule has 3 heteroatoms. The fraction of sp³-hybridized carbons (Fsp3) is 0.312. The number of aryl methyl sites for hydroxylation is 3. The van der Waals surface area contributed by atoms with Gasteiger partial charge in [0.05, 0.1) is 13.2 Å². The summed E-state index contributed by atoms with van der Waals surface area (Å²) in [6.45, 7) is 6.15. The largest absolute Gasteiger partial charge is 0.496 e. The molecule has 1 aromatic heterocycles. The maximum absolute atomic E-state index is 6.40. The molecule has 1 heterocycles. The average molecular weight is 256 g/mol. The van der Waals surface area contributed by atoms with Crippen LogP contribution in [0.4, 0.5) is 0 Å². The van der Waals surface area contributed by atoms with Gasteiger partial charge in [-0.3, -0.25) is 4.98 Å². The van der Waals surface area contributed by atoms with Crippen molar-refractivity contribution in [3.8, 4) is 5.75 Å². The van der Waals surface area contributed by atoms with Crippen molar-refractivity contribution in [3.05, 3.63) is 58.4 Å². The van der Waals surface area contributed by atoms with Gasteiger partial charge in [-0.15, -0.1) is 0 Å². The lowest BCUT2D eigenvalue weighted by Gasteiger charge is -2.19. The average Bonchev–Trinajstić information content (AvgIpc) is 2.40. The van der Waals surface area contributed by atoms with E-state index in [2.05, 4.69) is 24.9 Å². The van der Waals surface area contributed by atoms with E-state index in [1.54, 1.807) is 13.3 Å². The van der Waals surface area contributed by atoms with Crippen molar-refractivity contribution in [2.45, 2.75) is 26.8 Å². The molecule has 0 bridgehead atoms. The Balaban J connectivity index is 2.48. The first-order valence-corrected chi connectivity index (χ1v) is 6.35. The van der Waals surface area contributed by atoms with Gasteiger partial charge in [0.25, 0.3) is 0 Å². The Kier molecular flexibility index (Phi) is 3.86. The number of hydrogen-bond acceptors (Lipinski definition) is 3. The molecule has 3 nitrogen and oxygen atoms in total. The van der Waals surface area contributed by atoms with Gasteiger partial charge in [0.1, 0.15) is 5.75 Å². The quantitative estimate of drug-likeness (QED) is 0.918. The van der Waals surface area contributed by atoms with E-state index < -0.39 is 0 Å². The Labute approximate surface area is 114 Å². The molecule has 0 fully saturated rings. The summed E-state index contributed by atoms with van der Waals surface area (Å²) < 4.78 is 5.34. The van der Waals surface area contributed by atoms with Crippen LogP contribution in [-0.2, 0) is 0 Å². The van der Waals surface area contributed by atoms with E-state index in [0.29, 0.717) is 0 Å². The summed E-state index contributed by atoms with van der Waals surface area (Å²) in [7, 11) is 1.69. The monoisotopic (exact) mass is 256 g/mol. The number of nitrogens with zero attached hydrogens (tertiary/aromatic N) is 1. The van der Waals surface area contributed by atoms with Crippen LogP contribution in [0.25, 0.3) is 0 Å². The predicted octanol–water partition coefficient (Wildman–Crippen LogP) is 3.06. The zero-order chi connectivity index (χ0) is 14.0. The van der Waals surface area contributed by atoms with Gasteiger partial charge >= 0.3 is 0 Å². The van der Waals surface area contributed by atoms with Crippen LogP contribution < -0.4 is 10.5 Å². The molecule has 0 saturated carbocycles. The van der Waals surface area contributed by atoms with E-state index in [9.17, 15) is 0 Å². The summed E-state index contributed by atoms with van der Waals surface area (Å²) in [5, 5.41) is 0. The Morgan fingerprint density at radius 1 is 1.05 bits per heavy atom. The lowest BCUT2D eigenvalue weighted by molar-refractivity contribution is 0.411. The van der Waals surface area contributed by atoms with Crippen molar-refractivity contribution < 1.29 is 4.74 Å². The van der Waals surface area contributed by atoms with E-state index >= 15 is 0 Å². The summed E-state index contributed by atoms with van der Waals surface area (Å²) in [5.41, 5.74) is 12.0. The van der Waals surface area contributed by atoms with E-state index in [1.165, 1.54) is 0 Å². The van der Waals surface area contributed by atoms with E-state index in [1.807, 2.05) is 25.3 Å². The molecular formula is C16H20N2O. The standard InChI is InChI=1S/C16H20N2O/c1-10-5-6-18-9-14(10)16(17)13-7-12(3)15(19-4)8-11(13)2/h5-9,16H,17H2,1-4H3. The van der Waals surface area contributed by atoms with Gasteiger partial charge in [0.2, 0.25) is 0 Å². The number of methoxy groups -OCH3 is 1.